The number of nitrogens with zero attached hydrogens (tertiary/aromatic N) is 3. The summed E-state index contributed by atoms with van der Waals surface area (Å²) in [6.45, 7) is 5.18. The van der Waals surface area contributed by atoms with Crippen LogP contribution in [0, 0.1) is 6.92 Å². The maximum atomic E-state index is 13.2. The molecule has 8 heteroatoms. The molecule has 4 aromatic rings. The van der Waals surface area contributed by atoms with Crippen LogP contribution in [0.3, 0.4) is 0 Å². The number of anilines is 1. The Morgan fingerprint density at radius 2 is 1.69 bits per heavy atom. The summed E-state index contributed by atoms with van der Waals surface area (Å²) in [5.74, 6) is 0. The fraction of sp³-hybridized carbons (Fsp3) is 0.250. The number of para-hydroxylation sites is 2. The molecule has 0 aliphatic carbocycles. The second-order valence-electron chi connectivity index (χ2n) is 7.87. The van der Waals surface area contributed by atoms with Crippen molar-refractivity contribution in [3.8, 4) is 5.69 Å². The Kier molecular flexibility index (Phi) is 5.36. The summed E-state index contributed by atoms with van der Waals surface area (Å²) < 4.78 is 8.72. The second-order valence-corrected chi connectivity index (χ2v) is 8.28. The van der Waals surface area contributed by atoms with E-state index in [9.17, 15) is 9.59 Å². The number of aryl methyl sites for hydroxylation is 1. The standard InChI is InChI=1S/C24H23ClN4O3/c1-16-23-21(29(26-24(23)31)20-9-5-3-7-18(20)25)14-22(30)28(16)15-17-6-2-4-8-19(17)27-10-12-32-13-11-27/h2-9,14H,10-13,15H2,1H3,(H,26,31). The number of nitrogens with one attached hydrogen (secondary N) is 1. The van der Waals surface area contributed by atoms with Crippen LogP contribution in [0.4, 0.5) is 5.69 Å². The van der Waals surface area contributed by atoms with Crippen molar-refractivity contribution in [3.05, 3.63) is 91.6 Å². The maximum absolute atomic E-state index is 13.2. The van der Waals surface area contributed by atoms with Gasteiger partial charge in [-0.05, 0) is 30.7 Å². The molecule has 7 nitrogen and oxygen atoms in total. The summed E-state index contributed by atoms with van der Waals surface area (Å²) in [7, 11) is 0. The van der Waals surface area contributed by atoms with Crippen LogP contribution >= 0.6 is 11.6 Å². The van der Waals surface area contributed by atoms with E-state index >= 15 is 0 Å². The zero-order valence-corrected chi connectivity index (χ0v) is 18.4. The van der Waals surface area contributed by atoms with Gasteiger partial charge in [0.25, 0.3) is 11.1 Å². The molecule has 0 unspecified atom stereocenters. The smallest absolute Gasteiger partial charge is 0.274 e. The first-order valence-corrected chi connectivity index (χ1v) is 10.9. The summed E-state index contributed by atoms with van der Waals surface area (Å²) in [5, 5.41) is 3.80. The normalized spacial score (nSPS) is 14.2. The van der Waals surface area contributed by atoms with Gasteiger partial charge in [-0.1, -0.05) is 41.9 Å². The number of benzene rings is 2. The quantitative estimate of drug-likeness (QED) is 0.517. The molecule has 0 atom stereocenters. The summed E-state index contributed by atoms with van der Waals surface area (Å²) >= 11 is 6.34. The van der Waals surface area contributed by atoms with E-state index in [0.29, 0.717) is 47.1 Å². The minimum atomic E-state index is -0.257. The lowest BCUT2D eigenvalue weighted by molar-refractivity contribution is 0.122. The Morgan fingerprint density at radius 3 is 2.44 bits per heavy atom. The molecule has 1 N–H and O–H groups in total. The number of aromatic amines is 1. The summed E-state index contributed by atoms with van der Waals surface area (Å²) in [6, 6.07) is 16.8. The third kappa shape index (κ3) is 3.53. The van der Waals surface area contributed by atoms with E-state index in [1.807, 2.05) is 37.3 Å². The number of H-pyrrole nitrogens is 1. The first-order valence-electron chi connectivity index (χ1n) is 10.6. The Hall–Kier alpha value is -3.29. The molecule has 0 amide bonds. The average Bonchev–Trinajstić information content (AvgIpc) is 3.13. The largest absolute Gasteiger partial charge is 0.378 e. The van der Waals surface area contributed by atoms with Gasteiger partial charge in [0.05, 0.1) is 41.4 Å². The van der Waals surface area contributed by atoms with E-state index in [0.717, 1.165) is 24.3 Å². The predicted molar refractivity (Wildman–Crippen MR) is 126 cm³/mol. The lowest BCUT2D eigenvalue weighted by atomic mass is 10.1. The van der Waals surface area contributed by atoms with Crippen LogP contribution in [0.15, 0.2) is 64.2 Å². The van der Waals surface area contributed by atoms with E-state index in [1.165, 1.54) is 6.07 Å². The molecule has 0 saturated carbocycles. The minimum Gasteiger partial charge on any atom is -0.378 e. The van der Waals surface area contributed by atoms with E-state index in [-0.39, 0.29) is 11.1 Å². The molecule has 32 heavy (non-hydrogen) atoms. The monoisotopic (exact) mass is 450 g/mol. The molecular weight excluding hydrogens is 428 g/mol. The highest BCUT2D eigenvalue weighted by atomic mass is 35.5. The molecule has 0 spiro atoms. The lowest BCUT2D eigenvalue weighted by Gasteiger charge is -2.30. The van der Waals surface area contributed by atoms with Crippen molar-refractivity contribution in [1.29, 1.82) is 0 Å². The first-order chi connectivity index (χ1) is 15.5. The minimum absolute atomic E-state index is 0.174. The van der Waals surface area contributed by atoms with Crippen molar-refractivity contribution in [2.24, 2.45) is 0 Å². The van der Waals surface area contributed by atoms with Crippen molar-refractivity contribution < 1.29 is 4.74 Å². The van der Waals surface area contributed by atoms with Crippen molar-refractivity contribution in [1.82, 2.24) is 14.3 Å². The van der Waals surface area contributed by atoms with Gasteiger partial charge in [0.1, 0.15) is 0 Å². The number of morpholine rings is 1. The highest BCUT2D eigenvalue weighted by Crippen LogP contribution is 2.25. The average molecular weight is 451 g/mol. The molecule has 2 aromatic carbocycles. The first kappa shape index (κ1) is 20.6. The number of aromatic nitrogens is 3. The highest BCUT2D eigenvalue weighted by molar-refractivity contribution is 6.32. The van der Waals surface area contributed by atoms with E-state index in [4.69, 9.17) is 16.3 Å². The van der Waals surface area contributed by atoms with Crippen LogP contribution in [0.1, 0.15) is 11.3 Å². The van der Waals surface area contributed by atoms with E-state index in [1.54, 1.807) is 21.4 Å². The van der Waals surface area contributed by atoms with Gasteiger partial charge in [-0.15, -0.1) is 0 Å². The van der Waals surface area contributed by atoms with Gasteiger partial charge in [0, 0.05) is 30.5 Å². The number of pyridine rings is 1. The molecule has 1 aliphatic rings. The van der Waals surface area contributed by atoms with Gasteiger partial charge in [0.2, 0.25) is 0 Å². The van der Waals surface area contributed by atoms with Gasteiger partial charge in [0.15, 0.2) is 0 Å². The zero-order valence-electron chi connectivity index (χ0n) is 17.7. The fourth-order valence-corrected chi connectivity index (χ4v) is 4.59. The number of rotatable bonds is 4. The molecule has 5 rings (SSSR count). The van der Waals surface area contributed by atoms with E-state index < -0.39 is 0 Å². The van der Waals surface area contributed by atoms with Crippen LogP contribution in [0.5, 0.6) is 0 Å². The van der Waals surface area contributed by atoms with Crippen molar-refractivity contribution in [2.45, 2.75) is 13.5 Å². The third-order valence-corrected chi connectivity index (χ3v) is 6.32. The predicted octanol–water partition coefficient (Wildman–Crippen LogP) is 3.33. The highest BCUT2D eigenvalue weighted by Gasteiger charge is 2.19. The summed E-state index contributed by atoms with van der Waals surface area (Å²) in [6.07, 6.45) is 0. The van der Waals surface area contributed by atoms with Crippen LogP contribution in [0.2, 0.25) is 5.02 Å². The number of hydrogen-bond acceptors (Lipinski definition) is 4. The van der Waals surface area contributed by atoms with Gasteiger partial charge in [-0.25, -0.2) is 0 Å². The van der Waals surface area contributed by atoms with Crippen molar-refractivity contribution >= 4 is 28.2 Å². The molecule has 3 heterocycles. The molecule has 164 valence electrons. The molecule has 0 bridgehead atoms. The molecule has 0 radical (unpaired) electrons. The number of halogens is 1. The van der Waals surface area contributed by atoms with Crippen LogP contribution in [0.25, 0.3) is 16.6 Å². The number of fused-ring (bicyclic) bond motifs is 1. The third-order valence-electron chi connectivity index (χ3n) is 6.00. The van der Waals surface area contributed by atoms with Crippen molar-refractivity contribution in [3.63, 3.8) is 0 Å². The van der Waals surface area contributed by atoms with Crippen LogP contribution in [-0.4, -0.2) is 40.7 Å². The van der Waals surface area contributed by atoms with Crippen molar-refractivity contribution in [2.75, 3.05) is 31.2 Å². The van der Waals surface area contributed by atoms with Gasteiger partial charge < -0.3 is 14.2 Å². The number of hydrogen-bond donors (Lipinski definition) is 1. The summed E-state index contributed by atoms with van der Waals surface area (Å²) in [4.78, 5) is 28.3. The second kappa shape index (κ2) is 8.33. The Morgan fingerprint density at radius 1 is 1.00 bits per heavy atom. The van der Waals surface area contributed by atoms with Gasteiger partial charge in [-0.3, -0.25) is 19.4 Å². The SMILES string of the molecule is Cc1c2c(=O)[nH]n(-c3ccccc3Cl)c2cc(=O)n1Cc1ccccc1N1CCOCC1. The van der Waals surface area contributed by atoms with Gasteiger partial charge >= 0.3 is 0 Å². The molecule has 2 aromatic heterocycles. The maximum Gasteiger partial charge on any atom is 0.274 e. The summed E-state index contributed by atoms with van der Waals surface area (Å²) in [5.41, 5.74) is 3.44. The Labute approximate surface area is 189 Å². The van der Waals surface area contributed by atoms with Crippen LogP contribution < -0.4 is 16.0 Å². The lowest BCUT2D eigenvalue weighted by Crippen LogP contribution is -2.37. The molecular formula is C24H23ClN4O3. The fourth-order valence-electron chi connectivity index (χ4n) is 4.37. The molecule has 1 aliphatic heterocycles. The Balaban J connectivity index is 1.62. The van der Waals surface area contributed by atoms with E-state index in [2.05, 4.69) is 16.1 Å². The van der Waals surface area contributed by atoms with Crippen LogP contribution in [-0.2, 0) is 11.3 Å². The molecule has 1 fully saturated rings. The topological polar surface area (TPSA) is 72.3 Å². The molecule has 1 saturated heterocycles. The zero-order chi connectivity index (χ0) is 22.2. The van der Waals surface area contributed by atoms with Gasteiger partial charge in [-0.2, -0.15) is 0 Å². The Bertz CT molecular complexity index is 1410. The number of ether oxygens (including phenoxy) is 1.